The minimum Gasteiger partial charge on any atom is -0.399 e. The Morgan fingerprint density at radius 1 is 1.33 bits per heavy atom. The topological polar surface area (TPSA) is 83.8 Å². The number of carbonyl (C=O) groups is 1. The van der Waals surface area contributed by atoms with Crippen molar-refractivity contribution in [3.8, 4) is 0 Å². The van der Waals surface area contributed by atoms with Crippen molar-refractivity contribution < 1.29 is 4.79 Å². The van der Waals surface area contributed by atoms with Gasteiger partial charge < -0.3 is 16.0 Å². The molecule has 0 radical (unpaired) electrons. The van der Waals surface area contributed by atoms with Gasteiger partial charge in [0.2, 0.25) is 0 Å². The van der Waals surface area contributed by atoms with Gasteiger partial charge in [0.1, 0.15) is 0 Å². The maximum atomic E-state index is 11.8. The molecule has 0 aliphatic heterocycles. The standard InChI is InChI=1S/C13H12N4O/c1-15-13(18)12-11-8(4-5-16-12)9-6-7(14)2-3-10(9)17-11/h2-6,17H,14H2,1H3,(H,15,18). The van der Waals surface area contributed by atoms with Crippen LogP contribution in [-0.4, -0.2) is 22.9 Å². The number of nitrogens with zero attached hydrogens (tertiary/aromatic N) is 1. The Kier molecular flexibility index (Phi) is 2.19. The van der Waals surface area contributed by atoms with E-state index in [-0.39, 0.29) is 5.91 Å². The first-order chi connectivity index (χ1) is 8.70. The maximum absolute atomic E-state index is 11.8. The summed E-state index contributed by atoms with van der Waals surface area (Å²) in [6, 6.07) is 7.49. The zero-order valence-corrected chi connectivity index (χ0v) is 9.82. The highest BCUT2D eigenvalue weighted by molar-refractivity contribution is 6.14. The summed E-state index contributed by atoms with van der Waals surface area (Å²) in [7, 11) is 1.59. The van der Waals surface area contributed by atoms with Crippen molar-refractivity contribution in [1.82, 2.24) is 15.3 Å². The number of benzene rings is 1. The molecule has 4 N–H and O–H groups in total. The van der Waals surface area contributed by atoms with E-state index in [9.17, 15) is 4.79 Å². The molecule has 0 saturated heterocycles. The normalized spacial score (nSPS) is 10.9. The van der Waals surface area contributed by atoms with E-state index in [4.69, 9.17) is 5.73 Å². The van der Waals surface area contributed by atoms with E-state index in [1.165, 1.54) is 0 Å². The molecule has 0 spiro atoms. The third-order valence-electron chi connectivity index (χ3n) is 2.99. The van der Waals surface area contributed by atoms with Crippen LogP contribution in [0.4, 0.5) is 5.69 Å². The molecule has 0 atom stereocenters. The van der Waals surface area contributed by atoms with Crippen LogP contribution in [0.2, 0.25) is 0 Å². The molecule has 90 valence electrons. The number of nitrogens with two attached hydrogens (primary N) is 1. The number of H-pyrrole nitrogens is 1. The SMILES string of the molecule is CNC(=O)c1nccc2c1[nH]c1ccc(N)cc12. The van der Waals surface area contributed by atoms with Gasteiger partial charge in [-0.3, -0.25) is 4.79 Å². The van der Waals surface area contributed by atoms with Crippen molar-refractivity contribution in [2.24, 2.45) is 0 Å². The van der Waals surface area contributed by atoms with E-state index < -0.39 is 0 Å². The van der Waals surface area contributed by atoms with Crippen LogP contribution < -0.4 is 11.1 Å². The number of nitrogen functional groups attached to an aromatic ring is 1. The smallest absolute Gasteiger partial charge is 0.271 e. The summed E-state index contributed by atoms with van der Waals surface area (Å²) >= 11 is 0. The summed E-state index contributed by atoms with van der Waals surface area (Å²) < 4.78 is 0. The van der Waals surface area contributed by atoms with Gasteiger partial charge >= 0.3 is 0 Å². The number of hydrogen-bond donors (Lipinski definition) is 3. The highest BCUT2D eigenvalue weighted by atomic mass is 16.1. The Balaban J connectivity index is 2.42. The first kappa shape index (κ1) is 10.6. The second-order valence-corrected chi connectivity index (χ2v) is 4.09. The summed E-state index contributed by atoms with van der Waals surface area (Å²) in [6.45, 7) is 0. The molecule has 0 unspecified atom stereocenters. The number of rotatable bonds is 1. The largest absolute Gasteiger partial charge is 0.399 e. The molecular formula is C13H12N4O. The Morgan fingerprint density at radius 3 is 2.94 bits per heavy atom. The summed E-state index contributed by atoms with van der Waals surface area (Å²) in [5.74, 6) is -0.208. The quantitative estimate of drug-likeness (QED) is 0.565. The van der Waals surface area contributed by atoms with E-state index in [1.807, 2.05) is 24.3 Å². The van der Waals surface area contributed by atoms with Crippen molar-refractivity contribution in [2.45, 2.75) is 0 Å². The second kappa shape index (κ2) is 3.73. The summed E-state index contributed by atoms with van der Waals surface area (Å²) in [4.78, 5) is 19.1. The fraction of sp³-hybridized carbons (Fsp3) is 0.0769. The Labute approximate surface area is 103 Å². The second-order valence-electron chi connectivity index (χ2n) is 4.09. The molecule has 0 aliphatic rings. The zero-order valence-electron chi connectivity index (χ0n) is 9.82. The number of aromatic amines is 1. The van der Waals surface area contributed by atoms with Gasteiger partial charge in [0.15, 0.2) is 5.69 Å². The Hall–Kier alpha value is -2.56. The van der Waals surface area contributed by atoms with Gasteiger partial charge in [-0.1, -0.05) is 0 Å². The molecule has 2 heterocycles. The van der Waals surface area contributed by atoms with Crippen LogP contribution in [0.1, 0.15) is 10.5 Å². The summed E-state index contributed by atoms with van der Waals surface area (Å²) in [5.41, 5.74) is 8.55. The van der Waals surface area contributed by atoms with Crippen LogP contribution in [0.15, 0.2) is 30.5 Å². The molecular weight excluding hydrogens is 228 g/mol. The van der Waals surface area contributed by atoms with E-state index in [2.05, 4.69) is 15.3 Å². The zero-order chi connectivity index (χ0) is 12.7. The molecule has 3 rings (SSSR count). The number of carbonyl (C=O) groups excluding carboxylic acids is 1. The van der Waals surface area contributed by atoms with Gasteiger partial charge in [-0.2, -0.15) is 0 Å². The van der Waals surface area contributed by atoms with E-state index in [0.717, 1.165) is 21.8 Å². The molecule has 2 aromatic heterocycles. The predicted octanol–water partition coefficient (Wildman–Crippen LogP) is 1.66. The molecule has 18 heavy (non-hydrogen) atoms. The number of nitrogens with one attached hydrogen (secondary N) is 2. The lowest BCUT2D eigenvalue weighted by Gasteiger charge is -1.99. The lowest BCUT2D eigenvalue weighted by molar-refractivity contribution is 0.0960. The monoisotopic (exact) mass is 240 g/mol. The third kappa shape index (κ3) is 1.41. The first-order valence-corrected chi connectivity index (χ1v) is 5.58. The Morgan fingerprint density at radius 2 is 2.17 bits per heavy atom. The minimum atomic E-state index is -0.208. The van der Waals surface area contributed by atoms with Crippen molar-refractivity contribution in [3.05, 3.63) is 36.2 Å². The molecule has 5 nitrogen and oxygen atoms in total. The van der Waals surface area contributed by atoms with E-state index >= 15 is 0 Å². The van der Waals surface area contributed by atoms with E-state index in [1.54, 1.807) is 13.2 Å². The molecule has 0 saturated carbocycles. The van der Waals surface area contributed by atoms with Crippen molar-refractivity contribution in [3.63, 3.8) is 0 Å². The van der Waals surface area contributed by atoms with Gasteiger partial charge in [-0.15, -0.1) is 0 Å². The number of fused-ring (bicyclic) bond motifs is 3. The molecule has 3 aromatic rings. The van der Waals surface area contributed by atoms with Gasteiger partial charge in [0, 0.05) is 35.2 Å². The number of pyridine rings is 1. The highest BCUT2D eigenvalue weighted by Crippen LogP contribution is 2.28. The van der Waals surface area contributed by atoms with Crippen molar-refractivity contribution >= 4 is 33.4 Å². The first-order valence-electron chi connectivity index (χ1n) is 5.58. The number of amides is 1. The molecule has 0 fully saturated rings. The van der Waals surface area contributed by atoms with Crippen LogP contribution in [0.5, 0.6) is 0 Å². The summed E-state index contributed by atoms with van der Waals surface area (Å²) in [5, 5.41) is 4.53. The number of hydrogen-bond acceptors (Lipinski definition) is 3. The van der Waals surface area contributed by atoms with Crippen LogP contribution in [0, 0.1) is 0 Å². The van der Waals surface area contributed by atoms with Gasteiger partial charge in [-0.05, 0) is 24.3 Å². The average Bonchev–Trinajstić information content (AvgIpc) is 2.75. The molecule has 5 heteroatoms. The lowest BCUT2D eigenvalue weighted by Crippen LogP contribution is -2.19. The fourth-order valence-corrected chi connectivity index (χ4v) is 2.13. The minimum absolute atomic E-state index is 0.208. The van der Waals surface area contributed by atoms with Crippen LogP contribution in [0.25, 0.3) is 21.8 Å². The van der Waals surface area contributed by atoms with Crippen molar-refractivity contribution in [2.75, 3.05) is 12.8 Å². The molecule has 1 aromatic carbocycles. The molecule has 1 amide bonds. The number of aromatic nitrogens is 2. The van der Waals surface area contributed by atoms with Crippen LogP contribution >= 0.6 is 0 Å². The third-order valence-corrected chi connectivity index (χ3v) is 2.99. The summed E-state index contributed by atoms with van der Waals surface area (Å²) in [6.07, 6.45) is 1.63. The van der Waals surface area contributed by atoms with Gasteiger partial charge in [0.25, 0.3) is 5.91 Å². The molecule has 0 bridgehead atoms. The predicted molar refractivity (Wildman–Crippen MR) is 71.4 cm³/mol. The number of anilines is 1. The fourth-order valence-electron chi connectivity index (χ4n) is 2.13. The lowest BCUT2D eigenvalue weighted by atomic mass is 10.1. The Bertz CT molecular complexity index is 760. The van der Waals surface area contributed by atoms with Crippen LogP contribution in [0.3, 0.4) is 0 Å². The van der Waals surface area contributed by atoms with Gasteiger partial charge in [-0.25, -0.2) is 4.98 Å². The van der Waals surface area contributed by atoms with Crippen LogP contribution in [-0.2, 0) is 0 Å². The van der Waals surface area contributed by atoms with E-state index in [0.29, 0.717) is 11.4 Å². The van der Waals surface area contributed by atoms with Gasteiger partial charge in [0.05, 0.1) is 5.52 Å². The highest BCUT2D eigenvalue weighted by Gasteiger charge is 2.13. The maximum Gasteiger partial charge on any atom is 0.271 e. The van der Waals surface area contributed by atoms with Crippen molar-refractivity contribution in [1.29, 1.82) is 0 Å². The average molecular weight is 240 g/mol. The molecule has 0 aliphatic carbocycles.